The number of Topliss-reactive ketones (excluding diaryl/α,β-unsaturated/α-hetero) is 1. The number of nitrogens with one attached hydrogen (secondary N) is 2. The molecule has 2 aliphatic rings. The van der Waals surface area contributed by atoms with Crippen molar-refractivity contribution in [3.8, 4) is 5.75 Å². The minimum Gasteiger partial charge on any atom is -0.496 e. The van der Waals surface area contributed by atoms with Gasteiger partial charge in [0.25, 0.3) is 0 Å². The van der Waals surface area contributed by atoms with Crippen LogP contribution in [0.5, 0.6) is 5.75 Å². The van der Waals surface area contributed by atoms with Crippen molar-refractivity contribution in [3.63, 3.8) is 0 Å². The zero-order chi connectivity index (χ0) is 38.4. The van der Waals surface area contributed by atoms with Gasteiger partial charge in [-0.1, -0.05) is 103 Å². The average molecular weight is 689 g/mol. The Morgan fingerprint density at radius 3 is 2.04 bits per heavy atom. The summed E-state index contributed by atoms with van der Waals surface area (Å²) in [6.07, 6.45) is 17.0. The van der Waals surface area contributed by atoms with Crippen LogP contribution in [-0.4, -0.2) is 56.1 Å². The van der Waals surface area contributed by atoms with E-state index in [0.717, 1.165) is 46.8 Å². The number of aromatic nitrogens is 2. The smallest absolute Gasteiger partial charge is 0.182 e. The SMILES string of the molecule is C=c1c(OC)cc(C2(C)CC2)c/c1=C/C.CC.CC.CC1CC1.CNC/C=C/c1cnccn1.CNCc1ccccc1C(C)=O.O=CC=O. The highest BCUT2D eigenvalue weighted by Crippen LogP contribution is 2.47. The van der Waals surface area contributed by atoms with Crippen LogP contribution in [0.15, 0.2) is 61.1 Å². The molecule has 0 radical (unpaired) electrons. The Balaban J connectivity index is 0. The molecule has 276 valence electrons. The van der Waals surface area contributed by atoms with Gasteiger partial charge in [-0.05, 0) is 80.6 Å². The first-order valence-electron chi connectivity index (χ1n) is 17.6. The molecule has 0 amide bonds. The van der Waals surface area contributed by atoms with Crippen LogP contribution in [0.2, 0.25) is 0 Å². The molecule has 2 saturated carbocycles. The summed E-state index contributed by atoms with van der Waals surface area (Å²) in [4.78, 5) is 36.7. The zero-order valence-corrected chi connectivity index (χ0v) is 32.6. The number of carbonyl (C=O) groups excluding carboxylic acids is 3. The van der Waals surface area contributed by atoms with Crippen LogP contribution in [0.1, 0.15) is 108 Å². The first-order chi connectivity index (χ1) is 24.1. The summed E-state index contributed by atoms with van der Waals surface area (Å²) in [6, 6.07) is 12.0. The molecule has 5 rings (SSSR count). The average Bonchev–Trinajstić information content (AvgIpc) is 4.11. The van der Waals surface area contributed by atoms with Gasteiger partial charge in [0, 0.05) is 36.3 Å². The van der Waals surface area contributed by atoms with Gasteiger partial charge in [0.05, 0.1) is 19.0 Å². The van der Waals surface area contributed by atoms with Gasteiger partial charge in [-0.2, -0.15) is 0 Å². The summed E-state index contributed by atoms with van der Waals surface area (Å²) in [7, 11) is 5.49. The normalized spacial score (nSPS) is 13.1. The Morgan fingerprint density at radius 2 is 1.62 bits per heavy atom. The Hall–Kier alpha value is -4.27. The van der Waals surface area contributed by atoms with Crippen molar-refractivity contribution in [2.24, 2.45) is 5.92 Å². The van der Waals surface area contributed by atoms with E-state index in [0.29, 0.717) is 5.41 Å². The standard InChI is InChI=1S/C14H18O.C10H13NO.C8H11N3.C4H8.C2H2O2.2C2H6/c1-5-11-8-12(14(3)6-7-14)9-13(15-4)10(11)2;1-8(12)10-6-4-3-5-9(10)7-11-2;1-9-4-2-3-8-7-10-5-6-11-8;1-4-2-3-4;3-1-2-4;2*1-2/h5,8-9H,2,6-7H2,1,3-4H3;3-6,11H,7H2,1-2H3;2-3,5-7,9H,4H2,1H3;4H,2-3H2,1H3;1-2H;2*1-2H3/b11-5-;;3-2+;;;;. The highest BCUT2D eigenvalue weighted by atomic mass is 16.5. The van der Waals surface area contributed by atoms with Crippen molar-refractivity contribution in [2.75, 3.05) is 27.7 Å². The number of hydrogen-bond donors (Lipinski definition) is 2. The lowest BCUT2D eigenvalue weighted by Crippen LogP contribution is -2.26. The molecule has 50 heavy (non-hydrogen) atoms. The molecule has 0 aliphatic heterocycles. The molecule has 1 aromatic heterocycles. The quantitative estimate of drug-likeness (QED) is 0.139. The lowest BCUT2D eigenvalue weighted by molar-refractivity contribution is -0.122. The zero-order valence-electron chi connectivity index (χ0n) is 32.6. The van der Waals surface area contributed by atoms with Crippen LogP contribution >= 0.6 is 0 Å². The van der Waals surface area contributed by atoms with Crippen LogP contribution < -0.4 is 25.8 Å². The van der Waals surface area contributed by atoms with Crippen LogP contribution in [0.4, 0.5) is 0 Å². The fraction of sp³-hybridized carbons (Fsp3) is 0.452. The highest BCUT2D eigenvalue weighted by molar-refractivity contribution is 6.09. The molecule has 0 spiro atoms. The van der Waals surface area contributed by atoms with Gasteiger partial charge in [-0.25, -0.2) is 0 Å². The first kappa shape index (κ1) is 47.8. The molecular formula is C42H64N4O4. The van der Waals surface area contributed by atoms with Crippen molar-refractivity contribution in [1.82, 2.24) is 20.6 Å². The summed E-state index contributed by atoms with van der Waals surface area (Å²) in [5.41, 5.74) is 4.54. The van der Waals surface area contributed by atoms with Crippen molar-refractivity contribution < 1.29 is 19.1 Å². The summed E-state index contributed by atoms with van der Waals surface area (Å²) >= 11 is 0. The summed E-state index contributed by atoms with van der Waals surface area (Å²) in [5, 5.41) is 8.22. The van der Waals surface area contributed by atoms with Gasteiger partial charge in [0.2, 0.25) is 0 Å². The molecule has 3 aromatic rings. The van der Waals surface area contributed by atoms with E-state index in [4.69, 9.17) is 14.3 Å². The van der Waals surface area contributed by atoms with Crippen LogP contribution in [0, 0.1) is 5.92 Å². The molecule has 1 heterocycles. The number of aldehydes is 2. The third-order valence-corrected chi connectivity index (χ3v) is 7.35. The Bertz CT molecular complexity index is 1480. The predicted molar refractivity (Wildman–Crippen MR) is 212 cm³/mol. The largest absolute Gasteiger partial charge is 0.496 e. The summed E-state index contributed by atoms with van der Waals surface area (Å²) in [5.74, 6) is 2.12. The molecular weight excluding hydrogens is 624 g/mol. The second-order valence-corrected chi connectivity index (χ2v) is 11.4. The van der Waals surface area contributed by atoms with E-state index in [1.807, 2.05) is 85.1 Å². The van der Waals surface area contributed by atoms with Gasteiger partial charge in [-0.3, -0.25) is 24.4 Å². The van der Waals surface area contributed by atoms with Crippen LogP contribution in [0.25, 0.3) is 18.7 Å². The minimum absolute atomic E-state index is 0.126. The fourth-order valence-corrected chi connectivity index (χ4v) is 4.00. The van der Waals surface area contributed by atoms with Crippen molar-refractivity contribution >= 4 is 37.1 Å². The third kappa shape index (κ3) is 21.0. The molecule has 2 aromatic carbocycles. The lowest BCUT2D eigenvalue weighted by atomic mass is 9.96. The second kappa shape index (κ2) is 29.6. The second-order valence-electron chi connectivity index (χ2n) is 11.4. The van der Waals surface area contributed by atoms with Crippen molar-refractivity contribution in [3.05, 3.63) is 93.9 Å². The van der Waals surface area contributed by atoms with E-state index < -0.39 is 0 Å². The van der Waals surface area contributed by atoms with E-state index in [-0.39, 0.29) is 18.4 Å². The predicted octanol–water partition coefficient (Wildman–Crippen LogP) is 7.13. The summed E-state index contributed by atoms with van der Waals surface area (Å²) in [6.45, 7) is 21.9. The number of rotatable bonds is 9. The van der Waals surface area contributed by atoms with Crippen molar-refractivity contribution in [2.45, 2.75) is 93.0 Å². The van der Waals surface area contributed by atoms with Gasteiger partial charge in [0.1, 0.15) is 5.75 Å². The van der Waals surface area contributed by atoms with E-state index in [1.165, 1.54) is 36.5 Å². The number of nitrogens with zero attached hydrogens (tertiary/aromatic N) is 2. The van der Waals surface area contributed by atoms with Gasteiger partial charge >= 0.3 is 0 Å². The Kier molecular flexibility index (Phi) is 28.4. The molecule has 0 saturated heterocycles. The van der Waals surface area contributed by atoms with Crippen molar-refractivity contribution in [1.29, 1.82) is 0 Å². The molecule has 2 fully saturated rings. The number of ketones is 1. The van der Waals surface area contributed by atoms with Crippen LogP contribution in [-0.2, 0) is 21.5 Å². The number of methoxy groups -OCH3 is 1. The van der Waals surface area contributed by atoms with E-state index in [1.54, 1.807) is 32.6 Å². The molecule has 0 unspecified atom stereocenters. The maximum atomic E-state index is 11.1. The van der Waals surface area contributed by atoms with Gasteiger partial charge in [0.15, 0.2) is 18.4 Å². The summed E-state index contributed by atoms with van der Waals surface area (Å²) < 4.78 is 5.37. The number of ether oxygens (including phenoxy) is 1. The maximum absolute atomic E-state index is 11.1. The molecule has 0 atom stereocenters. The topological polar surface area (TPSA) is 110 Å². The van der Waals surface area contributed by atoms with Crippen LogP contribution in [0.3, 0.4) is 0 Å². The molecule has 0 bridgehead atoms. The van der Waals surface area contributed by atoms with Gasteiger partial charge in [-0.15, -0.1) is 0 Å². The van der Waals surface area contributed by atoms with E-state index in [2.05, 4.69) is 59.2 Å². The molecule has 8 nitrogen and oxygen atoms in total. The molecule has 2 N–H and O–H groups in total. The minimum atomic E-state index is 0.126. The van der Waals surface area contributed by atoms with E-state index >= 15 is 0 Å². The fourth-order valence-electron chi connectivity index (χ4n) is 4.00. The Labute approximate surface area is 302 Å². The number of carbonyl (C=O) groups is 3. The van der Waals surface area contributed by atoms with E-state index in [9.17, 15) is 4.79 Å². The molecule has 2 aliphatic carbocycles. The Morgan fingerprint density at radius 1 is 1.02 bits per heavy atom. The monoisotopic (exact) mass is 688 g/mol. The third-order valence-electron chi connectivity index (χ3n) is 7.35. The lowest BCUT2D eigenvalue weighted by Gasteiger charge is -2.11. The first-order valence-corrected chi connectivity index (χ1v) is 17.6. The van der Waals surface area contributed by atoms with Gasteiger partial charge < -0.3 is 15.4 Å². The maximum Gasteiger partial charge on any atom is 0.182 e. The number of hydrogen-bond acceptors (Lipinski definition) is 8. The molecule has 8 heteroatoms. The highest BCUT2D eigenvalue weighted by Gasteiger charge is 2.39. The number of likely N-dealkylation sites (N-methyl/N-ethyl adjacent to an activating group) is 1. The number of benzene rings is 2.